The first kappa shape index (κ1) is 29.0. The predicted octanol–water partition coefficient (Wildman–Crippen LogP) is 4.73. The second-order valence-corrected chi connectivity index (χ2v) is 11.2. The van der Waals surface area contributed by atoms with Crippen molar-refractivity contribution in [1.29, 1.82) is 0 Å². The van der Waals surface area contributed by atoms with Gasteiger partial charge in [-0.1, -0.05) is 17.7 Å². The summed E-state index contributed by atoms with van der Waals surface area (Å²) in [5.74, 6) is 1.04. The summed E-state index contributed by atoms with van der Waals surface area (Å²) in [6, 6.07) is 11.5. The van der Waals surface area contributed by atoms with E-state index in [9.17, 15) is 13.2 Å². The number of benzene rings is 2. The number of aryl methyl sites for hydroxylation is 1. The second-order valence-electron chi connectivity index (χ2n) is 9.59. The molecular formula is C26H37N3O6S. The van der Waals surface area contributed by atoms with Gasteiger partial charge in [-0.15, -0.1) is 0 Å². The molecule has 1 N–H and O–H groups in total. The maximum Gasteiger partial charge on any atom is 0.410 e. The Balaban J connectivity index is 2.43. The van der Waals surface area contributed by atoms with E-state index in [4.69, 9.17) is 14.2 Å². The molecule has 2 rings (SSSR count). The Bertz CT molecular complexity index is 1150. The summed E-state index contributed by atoms with van der Waals surface area (Å²) in [5, 5.41) is 4.27. The molecular weight excluding hydrogens is 482 g/mol. The van der Waals surface area contributed by atoms with Crippen molar-refractivity contribution in [2.75, 3.05) is 20.8 Å². The summed E-state index contributed by atoms with van der Waals surface area (Å²) < 4.78 is 42.1. The van der Waals surface area contributed by atoms with E-state index >= 15 is 0 Å². The lowest BCUT2D eigenvalue weighted by molar-refractivity contribution is 0.0197. The third kappa shape index (κ3) is 8.44. The Morgan fingerprint density at radius 2 is 1.58 bits per heavy atom. The number of amides is 1. The van der Waals surface area contributed by atoms with Gasteiger partial charge in [0, 0.05) is 30.6 Å². The van der Waals surface area contributed by atoms with Gasteiger partial charge in [-0.3, -0.25) is 0 Å². The lowest BCUT2D eigenvalue weighted by Gasteiger charge is -2.30. The summed E-state index contributed by atoms with van der Waals surface area (Å²) in [6.07, 6.45) is -0.218. The van der Waals surface area contributed by atoms with Crippen LogP contribution in [-0.4, -0.2) is 57.5 Å². The maximum absolute atomic E-state index is 12.9. The molecule has 0 spiro atoms. The molecule has 0 aliphatic carbocycles. The molecule has 9 nitrogen and oxygen atoms in total. The average Bonchev–Trinajstić information content (AvgIpc) is 2.79. The van der Waals surface area contributed by atoms with E-state index in [0.717, 1.165) is 5.56 Å². The molecule has 0 atom stereocenters. The summed E-state index contributed by atoms with van der Waals surface area (Å²) in [7, 11) is -0.859. The van der Waals surface area contributed by atoms with E-state index < -0.39 is 21.7 Å². The highest BCUT2D eigenvalue weighted by molar-refractivity contribution is 7.89. The van der Waals surface area contributed by atoms with Crippen LogP contribution in [0.3, 0.4) is 0 Å². The van der Waals surface area contributed by atoms with Gasteiger partial charge < -0.3 is 19.1 Å². The monoisotopic (exact) mass is 519 g/mol. The molecule has 0 aliphatic rings. The molecule has 0 aromatic heterocycles. The van der Waals surface area contributed by atoms with Crippen LogP contribution >= 0.6 is 0 Å². The van der Waals surface area contributed by atoms with Crippen molar-refractivity contribution in [2.45, 2.75) is 64.5 Å². The fourth-order valence-electron chi connectivity index (χ4n) is 3.23. The number of hydrazone groups is 1. The lowest BCUT2D eigenvalue weighted by atomic mass is 10.1. The van der Waals surface area contributed by atoms with Crippen LogP contribution in [0.1, 0.15) is 52.2 Å². The van der Waals surface area contributed by atoms with E-state index in [-0.39, 0.29) is 23.9 Å². The van der Waals surface area contributed by atoms with Gasteiger partial charge in [-0.25, -0.2) is 4.79 Å². The van der Waals surface area contributed by atoms with Crippen molar-refractivity contribution in [3.63, 3.8) is 0 Å². The van der Waals surface area contributed by atoms with Crippen LogP contribution in [0.4, 0.5) is 4.79 Å². The first-order chi connectivity index (χ1) is 16.8. The molecule has 1 amide bonds. The number of nitrogens with zero attached hydrogens (tertiary/aromatic N) is 2. The van der Waals surface area contributed by atoms with Crippen molar-refractivity contribution in [3.8, 4) is 11.5 Å². The van der Waals surface area contributed by atoms with Gasteiger partial charge in [0.15, 0.2) is 0 Å². The van der Waals surface area contributed by atoms with E-state index in [1.54, 1.807) is 56.0 Å². The fourth-order valence-corrected chi connectivity index (χ4v) is 4.06. The van der Waals surface area contributed by atoms with Gasteiger partial charge in [-0.2, -0.15) is 18.4 Å². The number of rotatable bonds is 10. The van der Waals surface area contributed by atoms with Crippen LogP contribution in [0.15, 0.2) is 52.5 Å². The smallest absolute Gasteiger partial charge is 0.410 e. The zero-order chi connectivity index (χ0) is 27.1. The molecule has 0 aliphatic heterocycles. The van der Waals surface area contributed by atoms with E-state index in [0.29, 0.717) is 22.8 Å². The van der Waals surface area contributed by atoms with Crippen molar-refractivity contribution >= 4 is 21.8 Å². The van der Waals surface area contributed by atoms with Crippen molar-refractivity contribution in [2.24, 2.45) is 5.10 Å². The van der Waals surface area contributed by atoms with Crippen LogP contribution in [0, 0.1) is 6.92 Å². The number of sulfonamides is 1. The van der Waals surface area contributed by atoms with Crippen molar-refractivity contribution in [1.82, 2.24) is 9.73 Å². The number of hydrogen-bond acceptors (Lipinski definition) is 7. The Kier molecular flexibility index (Phi) is 9.75. The van der Waals surface area contributed by atoms with Crippen LogP contribution in [-0.2, 0) is 14.8 Å². The molecule has 0 unspecified atom stereocenters. The molecule has 0 radical (unpaired) electrons. The molecule has 0 bridgehead atoms. The molecule has 0 saturated carbocycles. The third-order valence-electron chi connectivity index (χ3n) is 5.16. The molecule has 10 heteroatoms. The molecule has 0 heterocycles. The van der Waals surface area contributed by atoms with E-state index in [2.05, 4.69) is 9.93 Å². The van der Waals surface area contributed by atoms with Gasteiger partial charge in [0.1, 0.15) is 17.1 Å². The summed E-state index contributed by atoms with van der Waals surface area (Å²) >= 11 is 0. The minimum atomic E-state index is -3.91. The van der Waals surface area contributed by atoms with Crippen LogP contribution in [0.25, 0.3) is 0 Å². The molecule has 2 aromatic carbocycles. The largest absolute Gasteiger partial charge is 0.497 e. The van der Waals surface area contributed by atoms with E-state index in [1.165, 1.54) is 26.4 Å². The molecule has 0 fully saturated rings. The van der Waals surface area contributed by atoms with Gasteiger partial charge in [0.2, 0.25) is 0 Å². The van der Waals surface area contributed by atoms with Gasteiger partial charge in [-0.05, 0) is 65.8 Å². The lowest BCUT2D eigenvalue weighted by Crippen LogP contribution is -2.42. The first-order valence-electron chi connectivity index (χ1n) is 11.6. The van der Waals surface area contributed by atoms with E-state index in [1.807, 2.05) is 20.8 Å². The predicted molar refractivity (Wildman–Crippen MR) is 140 cm³/mol. The topological polar surface area (TPSA) is 107 Å². The van der Waals surface area contributed by atoms with Gasteiger partial charge in [0.25, 0.3) is 10.0 Å². The summed E-state index contributed by atoms with van der Waals surface area (Å²) in [6.45, 7) is 11.3. The molecule has 0 saturated heterocycles. The Labute approximate surface area is 214 Å². The number of carbonyl (C=O) groups excluding carboxylic acids is 1. The normalized spacial score (nSPS) is 12.3. The number of nitrogens with one attached hydrogen (secondary N) is 1. The van der Waals surface area contributed by atoms with Crippen molar-refractivity contribution < 1.29 is 27.4 Å². The number of ether oxygens (including phenoxy) is 3. The first-order valence-corrected chi connectivity index (χ1v) is 13.1. The minimum Gasteiger partial charge on any atom is -0.497 e. The zero-order valence-corrected chi connectivity index (χ0v) is 23.1. The average molecular weight is 520 g/mol. The summed E-state index contributed by atoms with van der Waals surface area (Å²) in [5.41, 5.74) is 1.28. The molecule has 2 aromatic rings. The fraction of sp³-hybridized carbons (Fsp3) is 0.462. The number of carbonyl (C=O) groups is 1. The SMILES string of the molecule is COc1cc(OC)cc(/C(CCN(C(=O)OC(C)(C)C)C(C)C)=N\NS(=O)(=O)c2ccc(C)cc2)c1. The minimum absolute atomic E-state index is 0.0944. The highest BCUT2D eigenvalue weighted by atomic mass is 32.2. The Morgan fingerprint density at radius 3 is 2.06 bits per heavy atom. The van der Waals surface area contributed by atoms with Gasteiger partial charge >= 0.3 is 6.09 Å². The van der Waals surface area contributed by atoms with Gasteiger partial charge in [0.05, 0.1) is 24.8 Å². The van der Waals surface area contributed by atoms with Crippen molar-refractivity contribution in [3.05, 3.63) is 53.6 Å². The number of methoxy groups -OCH3 is 2. The van der Waals surface area contributed by atoms with Crippen LogP contribution in [0.2, 0.25) is 0 Å². The maximum atomic E-state index is 12.9. The van der Waals surface area contributed by atoms with Crippen LogP contribution in [0.5, 0.6) is 11.5 Å². The Hall–Kier alpha value is -3.27. The highest BCUT2D eigenvalue weighted by Gasteiger charge is 2.25. The quantitative estimate of drug-likeness (QED) is 0.359. The third-order valence-corrected chi connectivity index (χ3v) is 6.38. The molecule has 36 heavy (non-hydrogen) atoms. The van der Waals surface area contributed by atoms with Crippen LogP contribution < -0.4 is 14.3 Å². The summed E-state index contributed by atoms with van der Waals surface area (Å²) in [4.78, 5) is 16.8. The Morgan fingerprint density at radius 1 is 1.03 bits per heavy atom. The zero-order valence-electron chi connectivity index (χ0n) is 22.3. The number of hydrogen-bond donors (Lipinski definition) is 1. The highest BCUT2D eigenvalue weighted by Crippen LogP contribution is 2.24. The second kappa shape index (κ2) is 12.1. The molecule has 198 valence electrons. The standard InChI is InChI=1S/C26H37N3O6S/c1-18(2)29(25(30)35-26(4,5)6)14-13-24(20-15-21(33-7)17-22(16-20)34-8)27-28-36(31,32)23-11-9-19(3)10-12-23/h9-12,15-18,28H,13-14H2,1-8H3/b27-24-.